The van der Waals surface area contributed by atoms with E-state index in [1.54, 1.807) is 17.5 Å². The molecule has 1 saturated heterocycles. The molecule has 0 saturated carbocycles. The Balaban J connectivity index is 1.44. The van der Waals surface area contributed by atoms with Gasteiger partial charge in [-0.2, -0.15) is 0 Å². The first-order valence-corrected chi connectivity index (χ1v) is 10.0. The van der Waals surface area contributed by atoms with Crippen molar-refractivity contribution in [3.8, 4) is 0 Å². The van der Waals surface area contributed by atoms with E-state index in [1.807, 2.05) is 46.3 Å². The molecule has 1 atom stereocenters. The molecule has 1 aliphatic heterocycles. The van der Waals surface area contributed by atoms with Crippen molar-refractivity contribution < 1.29 is 4.79 Å². The smallest absolute Gasteiger partial charge is 0.229 e. The lowest BCUT2D eigenvalue weighted by Crippen LogP contribution is -2.49. The Morgan fingerprint density at radius 2 is 2.19 bits per heavy atom. The molecule has 2 aromatic heterocycles. The molecule has 0 aliphatic carbocycles. The van der Waals surface area contributed by atoms with E-state index in [2.05, 4.69) is 27.4 Å². The summed E-state index contributed by atoms with van der Waals surface area (Å²) >= 11 is 1.62. The predicted molar refractivity (Wildman–Crippen MR) is 106 cm³/mol. The molecule has 0 bridgehead atoms. The van der Waals surface area contributed by atoms with Gasteiger partial charge in [-0.05, 0) is 5.56 Å². The quantitative estimate of drug-likeness (QED) is 0.736. The van der Waals surface area contributed by atoms with E-state index in [9.17, 15) is 4.79 Å². The number of aromatic nitrogens is 3. The average Bonchev–Trinajstić information content (AvgIpc) is 3.31. The number of hydrogen-bond donors (Lipinski definition) is 1. The van der Waals surface area contributed by atoms with Gasteiger partial charge in [0.15, 0.2) is 0 Å². The second-order valence-corrected chi connectivity index (χ2v) is 7.72. The van der Waals surface area contributed by atoms with E-state index in [1.165, 1.54) is 5.56 Å². The van der Waals surface area contributed by atoms with Crippen molar-refractivity contribution in [2.45, 2.75) is 18.9 Å². The zero-order valence-electron chi connectivity index (χ0n) is 15.3. The molecule has 3 aromatic rings. The molecule has 4 rings (SSSR count). The van der Waals surface area contributed by atoms with Crippen molar-refractivity contribution >= 4 is 17.2 Å². The largest absolute Gasteiger partial charge is 0.336 e. The SMILES string of the molecule is Cn1ccnc1C1CNCCN1C(=O)Cc1csc(Cc2ccccc2)n1. The van der Waals surface area contributed by atoms with Crippen molar-refractivity contribution in [2.75, 3.05) is 19.6 Å². The molecule has 1 fully saturated rings. The van der Waals surface area contributed by atoms with Gasteiger partial charge in [0.05, 0.1) is 17.1 Å². The number of thiazole rings is 1. The van der Waals surface area contributed by atoms with E-state index in [0.717, 1.165) is 36.0 Å². The van der Waals surface area contributed by atoms with Crippen molar-refractivity contribution in [1.29, 1.82) is 0 Å². The number of hydrogen-bond acceptors (Lipinski definition) is 5. The van der Waals surface area contributed by atoms with Crippen LogP contribution in [0, 0.1) is 0 Å². The van der Waals surface area contributed by atoms with Gasteiger partial charge in [-0.1, -0.05) is 30.3 Å². The summed E-state index contributed by atoms with van der Waals surface area (Å²) < 4.78 is 1.98. The van der Waals surface area contributed by atoms with Gasteiger partial charge in [-0.15, -0.1) is 11.3 Å². The van der Waals surface area contributed by atoms with Crippen molar-refractivity contribution in [3.05, 3.63) is 70.2 Å². The molecule has 0 spiro atoms. The summed E-state index contributed by atoms with van der Waals surface area (Å²) in [5.41, 5.74) is 2.09. The molecular weight excluding hydrogens is 358 g/mol. The number of carbonyl (C=O) groups excluding carboxylic acids is 1. The van der Waals surface area contributed by atoms with Crippen molar-refractivity contribution in [3.63, 3.8) is 0 Å². The number of benzene rings is 1. The number of aryl methyl sites for hydroxylation is 1. The monoisotopic (exact) mass is 381 g/mol. The molecule has 140 valence electrons. The highest BCUT2D eigenvalue weighted by Gasteiger charge is 2.30. The Labute approximate surface area is 162 Å². The van der Waals surface area contributed by atoms with Crippen LogP contribution in [0.4, 0.5) is 0 Å². The van der Waals surface area contributed by atoms with Crippen molar-refractivity contribution in [2.24, 2.45) is 7.05 Å². The highest BCUT2D eigenvalue weighted by atomic mass is 32.1. The minimum absolute atomic E-state index is 0.0336. The van der Waals surface area contributed by atoms with Gasteiger partial charge in [-0.25, -0.2) is 9.97 Å². The van der Waals surface area contributed by atoms with Gasteiger partial charge in [0.1, 0.15) is 11.9 Å². The summed E-state index contributed by atoms with van der Waals surface area (Å²) in [6, 6.07) is 10.3. The second kappa shape index (κ2) is 8.02. The maximum atomic E-state index is 13.0. The number of carbonyl (C=O) groups is 1. The van der Waals surface area contributed by atoms with Crippen LogP contribution in [0.1, 0.15) is 28.1 Å². The normalized spacial score (nSPS) is 17.2. The lowest BCUT2D eigenvalue weighted by atomic mass is 10.1. The molecular formula is C20H23N5OS. The Hall–Kier alpha value is -2.51. The summed E-state index contributed by atoms with van der Waals surface area (Å²) in [7, 11) is 1.97. The zero-order valence-corrected chi connectivity index (χ0v) is 16.2. The summed E-state index contributed by atoms with van der Waals surface area (Å²) in [6.45, 7) is 2.23. The zero-order chi connectivity index (χ0) is 18.6. The Kier molecular flexibility index (Phi) is 5.31. The van der Waals surface area contributed by atoms with Gasteiger partial charge in [0.2, 0.25) is 5.91 Å². The molecule has 27 heavy (non-hydrogen) atoms. The lowest BCUT2D eigenvalue weighted by molar-refractivity contribution is -0.134. The van der Waals surface area contributed by atoms with E-state index in [-0.39, 0.29) is 11.9 Å². The topological polar surface area (TPSA) is 63.1 Å². The van der Waals surface area contributed by atoms with Crippen LogP contribution in [0.2, 0.25) is 0 Å². The van der Waals surface area contributed by atoms with E-state index >= 15 is 0 Å². The number of nitrogens with one attached hydrogen (secondary N) is 1. The van der Waals surface area contributed by atoms with Crippen LogP contribution < -0.4 is 5.32 Å². The minimum Gasteiger partial charge on any atom is -0.336 e. The van der Waals surface area contributed by atoms with E-state index in [0.29, 0.717) is 13.0 Å². The number of piperazine rings is 1. The van der Waals surface area contributed by atoms with Crippen LogP contribution in [0.15, 0.2) is 48.1 Å². The Morgan fingerprint density at radius 3 is 2.96 bits per heavy atom. The summed E-state index contributed by atoms with van der Waals surface area (Å²) in [5.74, 6) is 1.03. The van der Waals surface area contributed by atoms with Crippen LogP contribution in [0.3, 0.4) is 0 Å². The number of rotatable bonds is 5. The second-order valence-electron chi connectivity index (χ2n) is 6.78. The minimum atomic E-state index is -0.0336. The van der Waals surface area contributed by atoms with Crippen LogP contribution in [0.25, 0.3) is 0 Å². The average molecular weight is 382 g/mol. The van der Waals surface area contributed by atoms with Gasteiger partial charge >= 0.3 is 0 Å². The maximum absolute atomic E-state index is 13.0. The Morgan fingerprint density at radius 1 is 1.33 bits per heavy atom. The number of imidazole rings is 1. The van der Waals surface area contributed by atoms with Crippen LogP contribution in [0.5, 0.6) is 0 Å². The first kappa shape index (κ1) is 17.9. The molecule has 0 radical (unpaired) electrons. The maximum Gasteiger partial charge on any atom is 0.229 e. The summed E-state index contributed by atoms with van der Waals surface area (Å²) in [4.78, 5) is 24.0. The summed E-state index contributed by atoms with van der Waals surface area (Å²) in [5, 5.41) is 6.42. The van der Waals surface area contributed by atoms with E-state index in [4.69, 9.17) is 0 Å². The fourth-order valence-corrected chi connectivity index (χ4v) is 4.30. The molecule has 6 nitrogen and oxygen atoms in total. The fourth-order valence-electron chi connectivity index (χ4n) is 3.47. The van der Waals surface area contributed by atoms with Gasteiger partial charge < -0.3 is 14.8 Å². The van der Waals surface area contributed by atoms with Crippen LogP contribution in [-0.4, -0.2) is 45.0 Å². The van der Waals surface area contributed by atoms with Gasteiger partial charge in [-0.3, -0.25) is 4.79 Å². The third-order valence-corrected chi connectivity index (χ3v) is 5.75. The first-order valence-electron chi connectivity index (χ1n) is 9.15. The predicted octanol–water partition coefficient (Wildman–Crippen LogP) is 2.18. The van der Waals surface area contributed by atoms with Crippen LogP contribution >= 0.6 is 11.3 Å². The first-order chi connectivity index (χ1) is 13.2. The molecule has 1 amide bonds. The van der Waals surface area contributed by atoms with Crippen LogP contribution in [-0.2, 0) is 24.7 Å². The summed E-state index contributed by atoms with van der Waals surface area (Å²) in [6.07, 6.45) is 4.85. The Bertz CT molecular complexity index is 904. The van der Waals surface area contributed by atoms with Gasteiger partial charge in [0.25, 0.3) is 0 Å². The standard InChI is InChI=1S/C20H23N5OS/c1-24-9-8-22-20(24)17-13-21-7-10-25(17)19(26)12-16-14-27-18(23-16)11-15-5-3-2-4-6-15/h2-6,8-9,14,17,21H,7,10-13H2,1H3. The molecule has 1 N–H and O–H groups in total. The van der Waals surface area contributed by atoms with E-state index < -0.39 is 0 Å². The molecule has 1 unspecified atom stereocenters. The fraction of sp³-hybridized carbons (Fsp3) is 0.350. The number of amides is 1. The molecule has 3 heterocycles. The van der Waals surface area contributed by atoms with Gasteiger partial charge in [0, 0.05) is 50.9 Å². The number of nitrogens with zero attached hydrogens (tertiary/aromatic N) is 4. The highest BCUT2D eigenvalue weighted by Crippen LogP contribution is 2.22. The van der Waals surface area contributed by atoms with Crippen molar-refractivity contribution in [1.82, 2.24) is 24.8 Å². The highest BCUT2D eigenvalue weighted by molar-refractivity contribution is 7.09. The third kappa shape index (κ3) is 4.09. The lowest BCUT2D eigenvalue weighted by Gasteiger charge is -2.35. The molecule has 1 aliphatic rings. The molecule has 1 aromatic carbocycles. The molecule has 7 heteroatoms. The third-order valence-electron chi connectivity index (χ3n) is 4.85.